The lowest BCUT2D eigenvalue weighted by Gasteiger charge is -2.41. The van der Waals surface area contributed by atoms with E-state index < -0.39 is 0 Å². The lowest BCUT2D eigenvalue weighted by Crippen LogP contribution is -2.50. The number of likely N-dealkylation sites (N-methyl/N-ethyl adjacent to an activating group) is 1. The second-order valence-corrected chi connectivity index (χ2v) is 5.14. The minimum Gasteiger partial charge on any atom is -0.394 e. The molecule has 0 aliphatic heterocycles. The molecule has 1 heterocycles. The number of pyridine rings is 1. The van der Waals surface area contributed by atoms with Crippen LogP contribution in [0.2, 0.25) is 0 Å². The molecule has 0 fully saturated rings. The van der Waals surface area contributed by atoms with Gasteiger partial charge < -0.3 is 10.8 Å². The molecule has 0 aliphatic carbocycles. The second kappa shape index (κ2) is 5.58. The molecule has 1 rings (SSSR count). The molecule has 0 bridgehead atoms. The third-order valence-corrected chi connectivity index (χ3v) is 3.25. The molecule has 1 aromatic heterocycles. The fraction of sp³-hybridized carbons (Fsp3) is 0.615. The Morgan fingerprint density at radius 1 is 1.47 bits per heavy atom. The number of aliphatic hydroxyl groups is 1. The highest BCUT2D eigenvalue weighted by molar-refractivity contribution is 5.12. The molecule has 2 unspecified atom stereocenters. The minimum atomic E-state index is -0.324. The summed E-state index contributed by atoms with van der Waals surface area (Å²) in [5.41, 5.74) is 6.67. The summed E-state index contributed by atoms with van der Waals surface area (Å²) in [6.45, 7) is 6.03. The third kappa shape index (κ3) is 3.25. The van der Waals surface area contributed by atoms with Gasteiger partial charge in [-0.3, -0.25) is 9.88 Å². The molecule has 1 aromatic rings. The van der Waals surface area contributed by atoms with Crippen molar-refractivity contribution in [3.63, 3.8) is 0 Å². The van der Waals surface area contributed by atoms with E-state index in [2.05, 4.69) is 9.88 Å². The van der Waals surface area contributed by atoms with Crippen molar-refractivity contribution in [1.82, 2.24) is 9.88 Å². The average Bonchev–Trinajstić information content (AvgIpc) is 2.30. The van der Waals surface area contributed by atoms with Gasteiger partial charge >= 0.3 is 0 Å². The molecule has 0 spiro atoms. The summed E-state index contributed by atoms with van der Waals surface area (Å²) in [6, 6.07) is 5.76. The molecule has 96 valence electrons. The van der Waals surface area contributed by atoms with Crippen LogP contribution >= 0.6 is 0 Å². The van der Waals surface area contributed by atoms with Crippen LogP contribution in [0.4, 0.5) is 0 Å². The van der Waals surface area contributed by atoms with Crippen LogP contribution in [-0.2, 0) is 0 Å². The van der Waals surface area contributed by atoms with E-state index in [4.69, 9.17) is 5.73 Å². The molecule has 17 heavy (non-hydrogen) atoms. The highest BCUT2D eigenvalue weighted by atomic mass is 16.3. The molecule has 0 aromatic carbocycles. The first-order valence-electron chi connectivity index (χ1n) is 5.90. The average molecular weight is 237 g/mol. The Bertz CT molecular complexity index is 338. The lowest BCUT2D eigenvalue weighted by molar-refractivity contribution is 0.0355. The predicted octanol–water partition coefficient (Wildman–Crippen LogP) is 1.17. The van der Waals surface area contributed by atoms with Gasteiger partial charge in [0.05, 0.1) is 18.3 Å². The van der Waals surface area contributed by atoms with Gasteiger partial charge in [-0.2, -0.15) is 0 Å². The zero-order valence-corrected chi connectivity index (χ0v) is 11.1. The molecular weight excluding hydrogens is 214 g/mol. The molecule has 4 nitrogen and oxygen atoms in total. The van der Waals surface area contributed by atoms with Crippen molar-refractivity contribution >= 4 is 0 Å². The molecule has 0 amide bonds. The third-order valence-electron chi connectivity index (χ3n) is 3.25. The Morgan fingerprint density at radius 2 is 2.12 bits per heavy atom. The Balaban J connectivity index is 3.03. The van der Waals surface area contributed by atoms with Crippen LogP contribution in [0.5, 0.6) is 0 Å². The quantitative estimate of drug-likeness (QED) is 0.807. The minimum absolute atomic E-state index is 0.00153. The van der Waals surface area contributed by atoms with Crippen molar-refractivity contribution in [2.75, 3.05) is 13.7 Å². The number of hydrogen-bond donors (Lipinski definition) is 2. The van der Waals surface area contributed by atoms with Crippen molar-refractivity contribution in [2.45, 2.75) is 38.4 Å². The highest BCUT2D eigenvalue weighted by Gasteiger charge is 2.32. The summed E-state index contributed by atoms with van der Waals surface area (Å²) in [5.74, 6) is 0. The molecule has 0 saturated heterocycles. The topological polar surface area (TPSA) is 62.4 Å². The maximum atomic E-state index is 9.44. The Kier molecular flexibility index (Phi) is 4.62. The van der Waals surface area contributed by atoms with Gasteiger partial charge in [-0.25, -0.2) is 0 Å². The zero-order valence-electron chi connectivity index (χ0n) is 11.1. The summed E-state index contributed by atoms with van der Waals surface area (Å²) >= 11 is 0. The Labute approximate surface area is 103 Å². The van der Waals surface area contributed by atoms with Gasteiger partial charge in [-0.15, -0.1) is 0 Å². The molecule has 4 heteroatoms. The normalized spacial score (nSPS) is 15.9. The molecular formula is C13H23N3O. The van der Waals surface area contributed by atoms with Crippen molar-refractivity contribution < 1.29 is 5.11 Å². The van der Waals surface area contributed by atoms with Crippen molar-refractivity contribution in [1.29, 1.82) is 0 Å². The largest absolute Gasteiger partial charge is 0.394 e. The standard InChI is InChI=1S/C13H23N3O/c1-10(14)12(11-7-5-6-8-15-11)16(4)13(2,3)9-17/h5-8,10,12,17H,9,14H2,1-4H3. The van der Waals surface area contributed by atoms with Crippen LogP contribution in [0.25, 0.3) is 0 Å². The van der Waals surface area contributed by atoms with Gasteiger partial charge in [-0.1, -0.05) is 6.07 Å². The van der Waals surface area contributed by atoms with Crippen LogP contribution in [0.15, 0.2) is 24.4 Å². The van der Waals surface area contributed by atoms with Crippen LogP contribution in [0, 0.1) is 0 Å². The summed E-state index contributed by atoms with van der Waals surface area (Å²) in [7, 11) is 1.97. The monoisotopic (exact) mass is 237 g/mol. The first-order chi connectivity index (χ1) is 7.90. The molecule has 3 N–H and O–H groups in total. The van der Waals surface area contributed by atoms with Crippen LogP contribution in [0.3, 0.4) is 0 Å². The van der Waals surface area contributed by atoms with Gasteiger partial charge in [0.15, 0.2) is 0 Å². The first kappa shape index (κ1) is 14.1. The number of aromatic nitrogens is 1. The second-order valence-electron chi connectivity index (χ2n) is 5.14. The maximum Gasteiger partial charge on any atom is 0.0673 e. The zero-order chi connectivity index (χ0) is 13.1. The molecule has 2 atom stereocenters. The Morgan fingerprint density at radius 3 is 2.53 bits per heavy atom. The SMILES string of the molecule is CC(N)C(c1ccccn1)N(C)C(C)(C)CO. The Hall–Kier alpha value is -0.970. The van der Waals surface area contributed by atoms with Crippen molar-refractivity contribution in [3.8, 4) is 0 Å². The van der Waals surface area contributed by atoms with E-state index in [-0.39, 0.29) is 24.2 Å². The number of aliphatic hydroxyl groups excluding tert-OH is 1. The van der Waals surface area contributed by atoms with Gasteiger partial charge in [0.2, 0.25) is 0 Å². The summed E-state index contributed by atoms with van der Waals surface area (Å²) < 4.78 is 0. The molecule has 0 radical (unpaired) electrons. The number of nitrogens with zero attached hydrogens (tertiary/aromatic N) is 2. The van der Waals surface area contributed by atoms with Crippen LogP contribution < -0.4 is 5.73 Å². The summed E-state index contributed by atoms with van der Waals surface area (Å²) in [6.07, 6.45) is 1.77. The van der Waals surface area contributed by atoms with E-state index in [1.165, 1.54) is 0 Å². The van der Waals surface area contributed by atoms with Crippen molar-refractivity contribution in [3.05, 3.63) is 30.1 Å². The van der Waals surface area contributed by atoms with Gasteiger partial charge in [0.25, 0.3) is 0 Å². The van der Waals surface area contributed by atoms with E-state index in [9.17, 15) is 5.11 Å². The van der Waals surface area contributed by atoms with E-state index >= 15 is 0 Å². The number of nitrogens with two attached hydrogens (primary N) is 1. The van der Waals surface area contributed by atoms with Crippen LogP contribution in [0.1, 0.15) is 32.5 Å². The van der Waals surface area contributed by atoms with Gasteiger partial charge in [0.1, 0.15) is 0 Å². The number of rotatable bonds is 5. The lowest BCUT2D eigenvalue weighted by atomic mass is 9.97. The fourth-order valence-electron chi connectivity index (χ4n) is 1.86. The number of hydrogen-bond acceptors (Lipinski definition) is 4. The summed E-state index contributed by atoms with van der Waals surface area (Å²) in [4.78, 5) is 6.45. The van der Waals surface area contributed by atoms with Crippen molar-refractivity contribution in [2.24, 2.45) is 5.73 Å². The predicted molar refractivity (Wildman–Crippen MR) is 69.6 cm³/mol. The van der Waals surface area contributed by atoms with Gasteiger partial charge in [-0.05, 0) is 40.0 Å². The fourth-order valence-corrected chi connectivity index (χ4v) is 1.86. The maximum absolute atomic E-state index is 9.44. The first-order valence-corrected chi connectivity index (χ1v) is 5.90. The van der Waals surface area contributed by atoms with E-state index in [0.29, 0.717) is 0 Å². The van der Waals surface area contributed by atoms with Gasteiger partial charge in [0, 0.05) is 17.8 Å². The van der Waals surface area contributed by atoms with Crippen LogP contribution in [-0.4, -0.2) is 40.2 Å². The highest BCUT2D eigenvalue weighted by Crippen LogP contribution is 2.27. The smallest absolute Gasteiger partial charge is 0.0673 e. The van der Waals surface area contributed by atoms with E-state index in [1.54, 1.807) is 6.20 Å². The molecule has 0 saturated carbocycles. The van der Waals surface area contributed by atoms with E-state index in [1.807, 2.05) is 46.0 Å². The van der Waals surface area contributed by atoms with E-state index in [0.717, 1.165) is 5.69 Å². The molecule has 0 aliphatic rings. The summed E-state index contributed by atoms with van der Waals surface area (Å²) in [5, 5.41) is 9.44.